The standard InChI is InChI=1S/C18H28N2O2/c1-13-10-11-16(14(2)18(13)22-4)19-12-17(21)20(3)15-8-6-5-7-9-15/h10-11,15,19H,5-9,12H2,1-4H3. The first-order valence-electron chi connectivity index (χ1n) is 8.18. The zero-order chi connectivity index (χ0) is 16.1. The molecule has 1 fully saturated rings. The maximum absolute atomic E-state index is 12.4. The molecule has 22 heavy (non-hydrogen) atoms. The second-order valence-corrected chi connectivity index (χ2v) is 6.24. The molecule has 1 aliphatic carbocycles. The van der Waals surface area contributed by atoms with Crippen LogP contribution in [-0.2, 0) is 4.79 Å². The quantitative estimate of drug-likeness (QED) is 0.905. The van der Waals surface area contributed by atoms with Crippen LogP contribution in [0.4, 0.5) is 5.69 Å². The average Bonchev–Trinajstić information content (AvgIpc) is 2.54. The van der Waals surface area contributed by atoms with Crippen molar-refractivity contribution in [3.05, 3.63) is 23.3 Å². The summed E-state index contributed by atoms with van der Waals surface area (Å²) in [6.45, 7) is 4.38. The van der Waals surface area contributed by atoms with Crippen LogP contribution in [0.2, 0.25) is 0 Å². The van der Waals surface area contributed by atoms with Crippen LogP contribution in [0.1, 0.15) is 43.2 Å². The molecule has 1 aromatic carbocycles. The number of hydrogen-bond donors (Lipinski definition) is 1. The Labute approximate surface area is 133 Å². The van der Waals surface area contributed by atoms with E-state index < -0.39 is 0 Å². The lowest BCUT2D eigenvalue weighted by atomic mass is 9.94. The third kappa shape index (κ3) is 3.73. The third-order valence-electron chi connectivity index (χ3n) is 4.75. The largest absolute Gasteiger partial charge is 0.496 e. The topological polar surface area (TPSA) is 41.6 Å². The van der Waals surface area contributed by atoms with Gasteiger partial charge in [0.1, 0.15) is 5.75 Å². The first-order valence-corrected chi connectivity index (χ1v) is 8.18. The van der Waals surface area contributed by atoms with E-state index in [4.69, 9.17) is 4.74 Å². The fourth-order valence-corrected chi connectivity index (χ4v) is 3.30. The number of carbonyl (C=O) groups is 1. The number of carbonyl (C=O) groups excluding carboxylic acids is 1. The minimum atomic E-state index is 0.158. The van der Waals surface area contributed by atoms with Crippen LogP contribution in [-0.4, -0.2) is 37.6 Å². The summed E-state index contributed by atoms with van der Waals surface area (Å²) < 4.78 is 5.43. The minimum absolute atomic E-state index is 0.158. The second-order valence-electron chi connectivity index (χ2n) is 6.24. The molecular formula is C18H28N2O2. The van der Waals surface area contributed by atoms with E-state index in [1.54, 1.807) is 7.11 Å². The van der Waals surface area contributed by atoms with Gasteiger partial charge in [0, 0.05) is 24.3 Å². The van der Waals surface area contributed by atoms with Crippen LogP contribution in [0, 0.1) is 13.8 Å². The number of amides is 1. The van der Waals surface area contributed by atoms with E-state index in [1.807, 2.05) is 37.9 Å². The smallest absolute Gasteiger partial charge is 0.241 e. The monoisotopic (exact) mass is 304 g/mol. The number of aryl methyl sites for hydroxylation is 1. The van der Waals surface area contributed by atoms with Gasteiger partial charge in [-0.2, -0.15) is 0 Å². The van der Waals surface area contributed by atoms with E-state index in [0.717, 1.165) is 35.4 Å². The van der Waals surface area contributed by atoms with Crippen molar-refractivity contribution in [3.63, 3.8) is 0 Å². The van der Waals surface area contributed by atoms with Gasteiger partial charge in [0.15, 0.2) is 0 Å². The molecule has 1 amide bonds. The zero-order valence-electron chi connectivity index (χ0n) is 14.2. The fraction of sp³-hybridized carbons (Fsp3) is 0.611. The van der Waals surface area contributed by atoms with Crippen molar-refractivity contribution in [2.45, 2.75) is 52.0 Å². The van der Waals surface area contributed by atoms with E-state index in [2.05, 4.69) is 5.32 Å². The molecule has 1 N–H and O–H groups in total. The summed E-state index contributed by atoms with van der Waals surface area (Å²) in [6, 6.07) is 4.45. The predicted molar refractivity (Wildman–Crippen MR) is 90.6 cm³/mol. The molecule has 0 spiro atoms. The molecule has 0 aliphatic heterocycles. The number of benzene rings is 1. The highest BCUT2D eigenvalue weighted by Crippen LogP contribution is 2.29. The number of nitrogens with one attached hydrogen (secondary N) is 1. The van der Waals surface area contributed by atoms with Crippen LogP contribution in [0.5, 0.6) is 5.75 Å². The van der Waals surface area contributed by atoms with Crippen molar-refractivity contribution < 1.29 is 9.53 Å². The van der Waals surface area contributed by atoms with Crippen LogP contribution in [0.15, 0.2) is 12.1 Å². The Morgan fingerprint density at radius 1 is 1.27 bits per heavy atom. The summed E-state index contributed by atoms with van der Waals surface area (Å²) in [5.74, 6) is 1.05. The molecule has 2 rings (SSSR count). The molecule has 122 valence electrons. The molecule has 4 heteroatoms. The lowest BCUT2D eigenvalue weighted by Crippen LogP contribution is -2.41. The maximum atomic E-state index is 12.4. The van der Waals surface area contributed by atoms with Crippen LogP contribution in [0.25, 0.3) is 0 Å². The Morgan fingerprint density at radius 3 is 2.59 bits per heavy atom. The summed E-state index contributed by atoms with van der Waals surface area (Å²) in [6.07, 6.45) is 6.06. The first-order chi connectivity index (χ1) is 10.5. The molecule has 0 radical (unpaired) electrons. The number of ether oxygens (including phenoxy) is 1. The summed E-state index contributed by atoms with van der Waals surface area (Å²) in [5, 5.41) is 3.26. The Kier molecular flexibility index (Phi) is 5.69. The number of rotatable bonds is 5. The third-order valence-corrected chi connectivity index (χ3v) is 4.75. The van der Waals surface area contributed by atoms with Crippen molar-refractivity contribution in [2.75, 3.05) is 26.0 Å². The van der Waals surface area contributed by atoms with Crippen molar-refractivity contribution in [3.8, 4) is 5.75 Å². The average molecular weight is 304 g/mol. The second kappa shape index (κ2) is 7.52. The summed E-state index contributed by atoms with van der Waals surface area (Å²) in [5.41, 5.74) is 3.12. The zero-order valence-corrected chi connectivity index (χ0v) is 14.2. The van der Waals surface area contributed by atoms with Crippen molar-refractivity contribution in [1.82, 2.24) is 4.90 Å². The highest BCUT2D eigenvalue weighted by Gasteiger charge is 2.21. The summed E-state index contributed by atoms with van der Waals surface area (Å²) >= 11 is 0. The van der Waals surface area contributed by atoms with E-state index in [0.29, 0.717) is 12.6 Å². The normalized spacial score (nSPS) is 15.5. The fourth-order valence-electron chi connectivity index (χ4n) is 3.30. The molecule has 0 atom stereocenters. The summed E-state index contributed by atoms with van der Waals surface area (Å²) in [4.78, 5) is 14.3. The van der Waals surface area contributed by atoms with Gasteiger partial charge in [-0.3, -0.25) is 4.79 Å². The lowest BCUT2D eigenvalue weighted by Gasteiger charge is -2.31. The van der Waals surface area contributed by atoms with Gasteiger partial charge in [-0.25, -0.2) is 0 Å². The predicted octanol–water partition coefficient (Wildman–Crippen LogP) is 3.52. The Hall–Kier alpha value is -1.71. The summed E-state index contributed by atoms with van der Waals surface area (Å²) in [7, 11) is 3.61. The minimum Gasteiger partial charge on any atom is -0.496 e. The van der Waals surface area contributed by atoms with Gasteiger partial charge >= 0.3 is 0 Å². The molecule has 4 nitrogen and oxygen atoms in total. The molecule has 0 heterocycles. The lowest BCUT2D eigenvalue weighted by molar-refractivity contribution is -0.130. The number of anilines is 1. The number of hydrogen-bond acceptors (Lipinski definition) is 3. The molecule has 1 aromatic rings. The van der Waals surface area contributed by atoms with Crippen LogP contribution in [0.3, 0.4) is 0 Å². The van der Waals surface area contributed by atoms with Crippen molar-refractivity contribution >= 4 is 11.6 Å². The van der Waals surface area contributed by atoms with Gasteiger partial charge in [-0.15, -0.1) is 0 Å². The SMILES string of the molecule is COc1c(C)ccc(NCC(=O)N(C)C2CCCCC2)c1C. The van der Waals surface area contributed by atoms with Crippen molar-refractivity contribution in [1.29, 1.82) is 0 Å². The molecule has 1 aliphatic rings. The Bertz CT molecular complexity index is 522. The van der Waals surface area contributed by atoms with Gasteiger partial charge in [-0.05, 0) is 38.3 Å². The number of methoxy groups -OCH3 is 1. The molecule has 0 bridgehead atoms. The van der Waals surface area contributed by atoms with Crippen LogP contribution >= 0.6 is 0 Å². The Balaban J connectivity index is 1.96. The maximum Gasteiger partial charge on any atom is 0.241 e. The highest BCUT2D eigenvalue weighted by molar-refractivity contribution is 5.81. The van der Waals surface area contributed by atoms with Crippen molar-refractivity contribution in [2.24, 2.45) is 0 Å². The molecule has 0 unspecified atom stereocenters. The van der Waals surface area contributed by atoms with E-state index >= 15 is 0 Å². The van der Waals surface area contributed by atoms with Gasteiger partial charge in [0.2, 0.25) is 5.91 Å². The molecule has 0 aromatic heterocycles. The van der Waals surface area contributed by atoms with Gasteiger partial charge in [0.25, 0.3) is 0 Å². The van der Waals surface area contributed by atoms with E-state index in [9.17, 15) is 4.79 Å². The van der Waals surface area contributed by atoms with E-state index in [-0.39, 0.29) is 5.91 Å². The van der Waals surface area contributed by atoms with Gasteiger partial charge in [-0.1, -0.05) is 25.3 Å². The van der Waals surface area contributed by atoms with Gasteiger partial charge < -0.3 is 15.0 Å². The number of nitrogens with zero attached hydrogens (tertiary/aromatic N) is 1. The highest BCUT2D eigenvalue weighted by atomic mass is 16.5. The number of likely N-dealkylation sites (N-methyl/N-ethyl adjacent to an activating group) is 1. The van der Waals surface area contributed by atoms with Gasteiger partial charge in [0.05, 0.1) is 13.7 Å². The molecule has 0 saturated heterocycles. The van der Waals surface area contributed by atoms with Crippen LogP contribution < -0.4 is 10.1 Å². The molecular weight excluding hydrogens is 276 g/mol. The Morgan fingerprint density at radius 2 is 1.95 bits per heavy atom. The molecule has 1 saturated carbocycles. The van der Waals surface area contributed by atoms with E-state index in [1.165, 1.54) is 19.3 Å². The first kappa shape index (κ1) is 16.7.